The molecule has 5 heteroatoms. The van der Waals surface area contributed by atoms with E-state index in [1.165, 1.54) is 5.56 Å². The molecule has 0 saturated carbocycles. The Morgan fingerprint density at radius 3 is 2.19 bits per heavy atom. The van der Waals surface area contributed by atoms with Crippen LogP contribution in [0, 0.1) is 5.82 Å². The second-order valence-corrected chi connectivity index (χ2v) is 9.01. The molecule has 3 rings (SSSR count). The summed E-state index contributed by atoms with van der Waals surface area (Å²) in [6, 6.07) is 7.33. The topological polar surface area (TPSA) is 33.1 Å². The van der Waals surface area contributed by atoms with Crippen molar-refractivity contribution >= 4 is 0 Å². The number of nitrogens with one attached hydrogen (secondary N) is 1. The molecule has 0 aliphatic carbocycles. The number of nitrogens with zero attached hydrogens (tertiary/aromatic N) is 3. The van der Waals surface area contributed by atoms with Crippen LogP contribution in [-0.4, -0.2) is 31.8 Å². The van der Waals surface area contributed by atoms with Crippen LogP contribution in [0.1, 0.15) is 51.7 Å². The number of aromatic nitrogens is 2. The standard InChI is InChI=1S/C21H31FN4/c1-20(2)10-19(11-21(3,4)24-20)26(15-17-12-23-25(5)13-17)14-16-6-8-18(22)9-7-16/h6-9,12-13,19,24H,10-11,14-15H2,1-5H3. The number of rotatable bonds is 5. The Morgan fingerprint density at radius 1 is 1.08 bits per heavy atom. The fraction of sp³-hybridized carbons (Fsp3) is 0.571. The van der Waals surface area contributed by atoms with Gasteiger partial charge in [0.15, 0.2) is 0 Å². The lowest BCUT2D eigenvalue weighted by Gasteiger charge is -2.49. The molecule has 2 heterocycles. The average molecular weight is 359 g/mol. The van der Waals surface area contributed by atoms with E-state index in [0.717, 1.165) is 31.5 Å². The zero-order valence-electron chi connectivity index (χ0n) is 16.6. The highest BCUT2D eigenvalue weighted by Crippen LogP contribution is 2.33. The summed E-state index contributed by atoms with van der Waals surface area (Å²) in [6.07, 6.45) is 6.18. The predicted molar refractivity (Wildman–Crippen MR) is 103 cm³/mol. The van der Waals surface area contributed by atoms with Crippen LogP contribution in [0.15, 0.2) is 36.7 Å². The van der Waals surface area contributed by atoms with Gasteiger partial charge in [0.2, 0.25) is 0 Å². The van der Waals surface area contributed by atoms with Gasteiger partial charge in [-0.2, -0.15) is 5.10 Å². The third-order valence-corrected chi connectivity index (χ3v) is 5.13. The van der Waals surface area contributed by atoms with Crippen molar-refractivity contribution < 1.29 is 4.39 Å². The van der Waals surface area contributed by atoms with E-state index in [0.29, 0.717) is 6.04 Å². The van der Waals surface area contributed by atoms with Crippen molar-refractivity contribution in [2.75, 3.05) is 0 Å². The largest absolute Gasteiger partial charge is 0.307 e. The van der Waals surface area contributed by atoms with Crippen molar-refractivity contribution in [3.63, 3.8) is 0 Å². The van der Waals surface area contributed by atoms with E-state index in [-0.39, 0.29) is 16.9 Å². The van der Waals surface area contributed by atoms with Gasteiger partial charge >= 0.3 is 0 Å². The molecule has 0 unspecified atom stereocenters. The summed E-state index contributed by atoms with van der Waals surface area (Å²) >= 11 is 0. The van der Waals surface area contributed by atoms with Crippen LogP contribution < -0.4 is 5.32 Å². The van der Waals surface area contributed by atoms with Gasteiger partial charge in [0.1, 0.15) is 5.82 Å². The molecule has 1 aromatic heterocycles. The minimum atomic E-state index is -0.184. The van der Waals surface area contributed by atoms with Gasteiger partial charge in [-0.25, -0.2) is 4.39 Å². The molecule has 142 valence electrons. The Labute approximate surface area is 156 Å². The van der Waals surface area contributed by atoms with Crippen LogP contribution in [0.5, 0.6) is 0 Å². The molecule has 0 radical (unpaired) electrons. The lowest BCUT2D eigenvalue weighted by atomic mass is 9.79. The first-order valence-electron chi connectivity index (χ1n) is 9.37. The van der Waals surface area contributed by atoms with Gasteiger partial charge in [0.05, 0.1) is 6.20 Å². The monoisotopic (exact) mass is 358 g/mol. The molecule has 26 heavy (non-hydrogen) atoms. The second-order valence-electron chi connectivity index (χ2n) is 9.01. The first-order valence-corrected chi connectivity index (χ1v) is 9.37. The Bertz CT molecular complexity index is 717. The van der Waals surface area contributed by atoms with Gasteiger partial charge in [-0.05, 0) is 58.2 Å². The minimum Gasteiger partial charge on any atom is -0.307 e. The highest BCUT2D eigenvalue weighted by molar-refractivity contribution is 5.17. The maximum absolute atomic E-state index is 13.3. The van der Waals surface area contributed by atoms with E-state index >= 15 is 0 Å². The van der Waals surface area contributed by atoms with Crippen LogP contribution in [0.2, 0.25) is 0 Å². The van der Waals surface area contributed by atoms with Gasteiger partial charge in [-0.1, -0.05) is 12.1 Å². The van der Waals surface area contributed by atoms with Crippen molar-refractivity contribution in [3.8, 4) is 0 Å². The zero-order chi connectivity index (χ0) is 18.9. The lowest BCUT2D eigenvalue weighted by molar-refractivity contribution is 0.0563. The molecule has 0 bridgehead atoms. The molecule has 0 spiro atoms. The smallest absolute Gasteiger partial charge is 0.123 e. The van der Waals surface area contributed by atoms with E-state index in [4.69, 9.17) is 0 Å². The highest BCUT2D eigenvalue weighted by atomic mass is 19.1. The average Bonchev–Trinajstić information content (AvgIpc) is 2.91. The number of hydrogen-bond acceptors (Lipinski definition) is 3. The van der Waals surface area contributed by atoms with Crippen molar-refractivity contribution in [1.29, 1.82) is 0 Å². The molecular formula is C21H31FN4. The molecule has 0 amide bonds. The summed E-state index contributed by atoms with van der Waals surface area (Å²) in [5.41, 5.74) is 2.53. The maximum Gasteiger partial charge on any atom is 0.123 e. The summed E-state index contributed by atoms with van der Waals surface area (Å²) in [4.78, 5) is 2.52. The van der Waals surface area contributed by atoms with Crippen LogP contribution in [0.3, 0.4) is 0 Å². The first kappa shape index (κ1) is 19.1. The lowest BCUT2D eigenvalue weighted by Crippen LogP contribution is -2.62. The van der Waals surface area contributed by atoms with Crippen LogP contribution in [0.4, 0.5) is 4.39 Å². The van der Waals surface area contributed by atoms with Crippen molar-refractivity contribution in [3.05, 3.63) is 53.6 Å². The number of aryl methyl sites for hydroxylation is 1. The summed E-state index contributed by atoms with van der Waals surface area (Å²) in [6.45, 7) is 10.8. The van der Waals surface area contributed by atoms with Gasteiger partial charge in [0, 0.05) is 49.0 Å². The number of hydrogen-bond donors (Lipinski definition) is 1. The molecular weight excluding hydrogens is 327 g/mol. The van der Waals surface area contributed by atoms with Crippen molar-refractivity contribution in [1.82, 2.24) is 20.0 Å². The number of piperidine rings is 1. The molecule has 1 aliphatic rings. The number of halogens is 1. The number of benzene rings is 1. The summed E-state index contributed by atoms with van der Waals surface area (Å²) in [5.74, 6) is -0.184. The molecule has 1 aliphatic heterocycles. The zero-order valence-corrected chi connectivity index (χ0v) is 16.6. The Morgan fingerprint density at radius 2 is 1.65 bits per heavy atom. The third kappa shape index (κ3) is 4.92. The highest BCUT2D eigenvalue weighted by Gasteiger charge is 2.39. The molecule has 2 aromatic rings. The molecule has 1 fully saturated rings. The quantitative estimate of drug-likeness (QED) is 0.881. The van der Waals surface area contributed by atoms with E-state index in [1.807, 2.05) is 30.1 Å². The SMILES string of the molecule is Cn1cc(CN(Cc2ccc(F)cc2)C2CC(C)(C)NC(C)(C)C2)cn1. The third-order valence-electron chi connectivity index (χ3n) is 5.13. The van der Waals surface area contributed by atoms with Crippen LogP contribution in [-0.2, 0) is 20.1 Å². The summed E-state index contributed by atoms with van der Waals surface area (Å²) < 4.78 is 15.1. The maximum atomic E-state index is 13.3. The van der Waals surface area contributed by atoms with E-state index in [1.54, 1.807) is 12.1 Å². The van der Waals surface area contributed by atoms with Gasteiger partial charge < -0.3 is 5.32 Å². The van der Waals surface area contributed by atoms with E-state index in [2.05, 4.69) is 49.2 Å². The molecule has 0 atom stereocenters. The van der Waals surface area contributed by atoms with Crippen molar-refractivity contribution in [2.24, 2.45) is 7.05 Å². The predicted octanol–water partition coefficient (Wildman–Crippen LogP) is 3.87. The van der Waals surface area contributed by atoms with Crippen molar-refractivity contribution in [2.45, 2.75) is 70.7 Å². The van der Waals surface area contributed by atoms with E-state index in [9.17, 15) is 4.39 Å². The van der Waals surface area contributed by atoms with Crippen LogP contribution in [0.25, 0.3) is 0 Å². The van der Waals surface area contributed by atoms with Gasteiger partial charge in [-0.3, -0.25) is 9.58 Å². The van der Waals surface area contributed by atoms with E-state index < -0.39 is 0 Å². The Hall–Kier alpha value is -1.72. The minimum absolute atomic E-state index is 0.0857. The molecule has 1 saturated heterocycles. The normalized spacial score (nSPS) is 19.8. The van der Waals surface area contributed by atoms with Gasteiger partial charge in [0.25, 0.3) is 0 Å². The Balaban J connectivity index is 1.84. The fourth-order valence-electron chi connectivity index (χ4n) is 4.45. The van der Waals surface area contributed by atoms with Crippen LogP contribution >= 0.6 is 0 Å². The Kier molecular flexibility index (Phi) is 5.22. The summed E-state index contributed by atoms with van der Waals surface area (Å²) in [5, 5.41) is 8.08. The first-order chi connectivity index (χ1) is 12.1. The molecule has 1 N–H and O–H groups in total. The van der Waals surface area contributed by atoms with Gasteiger partial charge in [-0.15, -0.1) is 0 Å². The fourth-order valence-corrected chi connectivity index (χ4v) is 4.45. The molecule has 4 nitrogen and oxygen atoms in total. The second kappa shape index (κ2) is 7.12. The molecule has 1 aromatic carbocycles. The summed E-state index contributed by atoms with van der Waals surface area (Å²) in [7, 11) is 1.95.